The number of amides is 1. The molecule has 1 saturated heterocycles. The summed E-state index contributed by atoms with van der Waals surface area (Å²) in [6, 6.07) is 18.4. The second kappa shape index (κ2) is 9.92. The van der Waals surface area contributed by atoms with Crippen LogP contribution >= 0.6 is 0 Å². The average Bonchev–Trinajstić information content (AvgIpc) is 2.89. The highest BCUT2D eigenvalue weighted by Crippen LogP contribution is 2.38. The second-order valence-electron chi connectivity index (χ2n) is 9.33. The maximum absolute atomic E-state index is 14.0. The van der Waals surface area contributed by atoms with Crippen molar-refractivity contribution in [1.82, 2.24) is 10.3 Å². The number of carbonyl (C=O) groups is 1. The Kier molecular flexibility index (Phi) is 6.58. The van der Waals surface area contributed by atoms with Crippen molar-refractivity contribution < 1.29 is 9.53 Å². The summed E-state index contributed by atoms with van der Waals surface area (Å²) in [5, 5.41) is 4.30. The van der Waals surface area contributed by atoms with Crippen molar-refractivity contribution in [3.05, 3.63) is 60.2 Å². The number of para-hydroxylation sites is 1. The first-order valence-corrected chi connectivity index (χ1v) is 12.3. The number of carbonyl (C=O) groups excluding carboxylic acids is 1. The number of benzene rings is 2. The van der Waals surface area contributed by atoms with Gasteiger partial charge in [0.05, 0.1) is 35.7 Å². The predicted octanol–water partition coefficient (Wildman–Crippen LogP) is 5.44. The summed E-state index contributed by atoms with van der Waals surface area (Å²) in [6.45, 7) is 4.97. The number of hydrogen-bond donors (Lipinski definition) is 1. The molecule has 1 saturated carbocycles. The van der Waals surface area contributed by atoms with E-state index in [4.69, 9.17) is 9.72 Å². The van der Waals surface area contributed by atoms with Crippen LogP contribution in [0.1, 0.15) is 49.4 Å². The molecule has 2 heterocycles. The Labute approximate surface area is 196 Å². The number of aromatic nitrogens is 1. The van der Waals surface area contributed by atoms with Crippen LogP contribution in [0.15, 0.2) is 54.6 Å². The lowest BCUT2D eigenvalue weighted by Gasteiger charge is -2.33. The van der Waals surface area contributed by atoms with Crippen molar-refractivity contribution in [3.63, 3.8) is 0 Å². The SMILES string of the molecule is C[C@H](NC(=O)c1c(N2CCOCC2)c(-c2ccccc2)nc2ccccc12)C1CCCCC1. The number of morpholine rings is 1. The molecule has 2 aromatic carbocycles. The number of ether oxygens (including phenoxy) is 1. The van der Waals surface area contributed by atoms with Gasteiger partial charge in [-0.1, -0.05) is 67.8 Å². The van der Waals surface area contributed by atoms with Crippen molar-refractivity contribution in [2.24, 2.45) is 5.92 Å². The Morgan fingerprint density at radius 2 is 1.70 bits per heavy atom. The normalized spacial score (nSPS) is 18.3. The summed E-state index contributed by atoms with van der Waals surface area (Å²) in [7, 11) is 0. The molecule has 5 nitrogen and oxygen atoms in total. The van der Waals surface area contributed by atoms with Crippen molar-refractivity contribution in [2.75, 3.05) is 31.2 Å². The summed E-state index contributed by atoms with van der Waals surface area (Å²) in [5.41, 5.74) is 4.41. The van der Waals surface area contributed by atoms with E-state index >= 15 is 0 Å². The lowest BCUT2D eigenvalue weighted by Crippen LogP contribution is -2.41. The first-order chi connectivity index (χ1) is 16.2. The van der Waals surface area contributed by atoms with E-state index in [1.54, 1.807) is 0 Å². The zero-order valence-corrected chi connectivity index (χ0v) is 19.4. The molecule has 1 aromatic heterocycles. The third kappa shape index (κ3) is 4.60. The van der Waals surface area contributed by atoms with Gasteiger partial charge in [0.15, 0.2) is 0 Å². The third-order valence-electron chi connectivity index (χ3n) is 7.18. The molecule has 33 heavy (non-hydrogen) atoms. The van der Waals surface area contributed by atoms with Gasteiger partial charge in [-0.25, -0.2) is 4.98 Å². The fraction of sp³-hybridized carbons (Fsp3) is 0.429. The van der Waals surface area contributed by atoms with Gasteiger partial charge in [0.1, 0.15) is 0 Å². The van der Waals surface area contributed by atoms with Gasteiger partial charge in [-0.2, -0.15) is 0 Å². The number of rotatable bonds is 5. The summed E-state index contributed by atoms with van der Waals surface area (Å²) < 4.78 is 5.64. The van der Waals surface area contributed by atoms with Crippen LogP contribution < -0.4 is 10.2 Å². The van der Waals surface area contributed by atoms with Crippen molar-refractivity contribution >= 4 is 22.5 Å². The van der Waals surface area contributed by atoms with E-state index in [0.29, 0.717) is 19.1 Å². The van der Waals surface area contributed by atoms with E-state index in [2.05, 4.69) is 29.3 Å². The smallest absolute Gasteiger partial charge is 0.254 e. The summed E-state index contributed by atoms with van der Waals surface area (Å²) >= 11 is 0. The Balaban J connectivity index is 1.64. The zero-order chi connectivity index (χ0) is 22.6. The molecule has 1 atom stereocenters. The Morgan fingerprint density at radius 3 is 2.45 bits per heavy atom. The highest BCUT2D eigenvalue weighted by Gasteiger charge is 2.29. The molecule has 0 bridgehead atoms. The molecule has 0 spiro atoms. The fourth-order valence-electron chi connectivity index (χ4n) is 5.35. The van der Waals surface area contributed by atoms with Crippen LogP contribution in [-0.4, -0.2) is 43.2 Å². The molecule has 2 fully saturated rings. The van der Waals surface area contributed by atoms with Crippen molar-refractivity contribution in [2.45, 2.75) is 45.1 Å². The molecule has 3 aromatic rings. The highest BCUT2D eigenvalue weighted by molar-refractivity contribution is 6.13. The maximum Gasteiger partial charge on any atom is 0.254 e. The van der Waals surface area contributed by atoms with Gasteiger partial charge in [-0.3, -0.25) is 4.79 Å². The van der Waals surface area contributed by atoms with E-state index in [9.17, 15) is 4.79 Å². The summed E-state index contributed by atoms with van der Waals surface area (Å²) in [5.74, 6) is 0.557. The number of hydrogen-bond acceptors (Lipinski definition) is 4. The van der Waals surface area contributed by atoms with Gasteiger partial charge in [-0.15, -0.1) is 0 Å². The molecule has 5 heteroatoms. The largest absolute Gasteiger partial charge is 0.378 e. The monoisotopic (exact) mass is 443 g/mol. The van der Waals surface area contributed by atoms with Crippen LogP contribution in [0.3, 0.4) is 0 Å². The van der Waals surface area contributed by atoms with E-state index in [-0.39, 0.29) is 11.9 Å². The fourth-order valence-corrected chi connectivity index (χ4v) is 5.35. The zero-order valence-electron chi connectivity index (χ0n) is 19.4. The highest BCUT2D eigenvalue weighted by atomic mass is 16.5. The van der Waals surface area contributed by atoms with Crippen LogP contribution in [0.4, 0.5) is 5.69 Å². The number of nitrogens with one attached hydrogen (secondary N) is 1. The molecule has 1 aliphatic carbocycles. The quantitative estimate of drug-likeness (QED) is 0.571. The first-order valence-electron chi connectivity index (χ1n) is 12.3. The van der Waals surface area contributed by atoms with Crippen LogP contribution in [0.5, 0.6) is 0 Å². The van der Waals surface area contributed by atoms with Crippen LogP contribution in [-0.2, 0) is 4.74 Å². The first kappa shape index (κ1) is 21.9. The molecule has 5 rings (SSSR count). The minimum Gasteiger partial charge on any atom is -0.378 e. The molecule has 0 unspecified atom stereocenters. The number of anilines is 1. The van der Waals surface area contributed by atoms with E-state index in [1.165, 1.54) is 32.1 Å². The molecule has 0 radical (unpaired) electrons. The Bertz CT molecular complexity index is 1100. The second-order valence-corrected chi connectivity index (χ2v) is 9.33. The molecule has 2 aliphatic rings. The topological polar surface area (TPSA) is 54.5 Å². The molecular formula is C28H33N3O2. The van der Waals surface area contributed by atoms with Gasteiger partial charge < -0.3 is 15.0 Å². The summed E-state index contributed by atoms with van der Waals surface area (Å²) in [6.07, 6.45) is 6.24. The van der Waals surface area contributed by atoms with Crippen LogP contribution in [0.2, 0.25) is 0 Å². The average molecular weight is 444 g/mol. The van der Waals surface area contributed by atoms with Gasteiger partial charge in [-0.05, 0) is 31.7 Å². The molecule has 1 amide bonds. The minimum absolute atomic E-state index is 0.00495. The number of nitrogens with zero attached hydrogens (tertiary/aromatic N) is 2. The number of pyridine rings is 1. The Hall–Kier alpha value is -2.92. The van der Waals surface area contributed by atoms with E-state index in [0.717, 1.165) is 46.5 Å². The third-order valence-corrected chi connectivity index (χ3v) is 7.18. The lowest BCUT2D eigenvalue weighted by atomic mass is 9.84. The van der Waals surface area contributed by atoms with E-state index < -0.39 is 0 Å². The van der Waals surface area contributed by atoms with Crippen molar-refractivity contribution in [1.29, 1.82) is 0 Å². The van der Waals surface area contributed by atoms with Crippen LogP contribution in [0.25, 0.3) is 22.2 Å². The van der Waals surface area contributed by atoms with E-state index in [1.807, 2.05) is 42.5 Å². The molecular weight excluding hydrogens is 410 g/mol. The maximum atomic E-state index is 14.0. The van der Waals surface area contributed by atoms with Gasteiger partial charge in [0, 0.05) is 30.1 Å². The Morgan fingerprint density at radius 1 is 1.00 bits per heavy atom. The molecule has 1 N–H and O–H groups in total. The predicted molar refractivity (Wildman–Crippen MR) is 134 cm³/mol. The number of fused-ring (bicyclic) bond motifs is 1. The summed E-state index contributed by atoms with van der Waals surface area (Å²) in [4.78, 5) is 21.3. The van der Waals surface area contributed by atoms with Gasteiger partial charge in [0.25, 0.3) is 5.91 Å². The minimum atomic E-state index is 0.00495. The van der Waals surface area contributed by atoms with Crippen molar-refractivity contribution in [3.8, 4) is 11.3 Å². The standard InChI is InChI=1S/C28H33N3O2/c1-20(21-10-4-2-5-11-21)29-28(32)25-23-14-8-9-15-24(23)30-26(22-12-6-3-7-13-22)27(25)31-16-18-33-19-17-31/h3,6-9,12-15,20-21H,2,4-5,10-11,16-19H2,1H3,(H,29,32)/t20-/m0/s1. The van der Waals surface area contributed by atoms with Gasteiger partial charge in [0.2, 0.25) is 0 Å². The molecule has 1 aliphatic heterocycles. The lowest BCUT2D eigenvalue weighted by molar-refractivity contribution is 0.0919. The van der Waals surface area contributed by atoms with Gasteiger partial charge >= 0.3 is 0 Å². The molecule has 172 valence electrons. The van der Waals surface area contributed by atoms with Crippen LogP contribution in [0, 0.1) is 5.92 Å².